The molecule has 0 spiro atoms. The monoisotopic (exact) mass is 272 g/mol. The zero-order chi connectivity index (χ0) is 13.5. The SMILES string of the molecule is COCC(C)Oc1ncc(CNC(C)C)cc1Cl. The minimum atomic E-state index is -0.0698. The molecule has 1 aromatic rings. The third-order valence-corrected chi connectivity index (χ3v) is 2.56. The summed E-state index contributed by atoms with van der Waals surface area (Å²) in [6.45, 7) is 7.36. The van der Waals surface area contributed by atoms with Crippen molar-refractivity contribution in [3.8, 4) is 5.88 Å². The highest BCUT2D eigenvalue weighted by molar-refractivity contribution is 6.31. The molecule has 1 rings (SSSR count). The number of halogens is 1. The lowest BCUT2D eigenvalue weighted by molar-refractivity contribution is 0.0890. The first-order valence-corrected chi connectivity index (χ1v) is 6.44. The molecule has 1 atom stereocenters. The summed E-state index contributed by atoms with van der Waals surface area (Å²) >= 11 is 6.13. The van der Waals surface area contributed by atoms with Gasteiger partial charge in [0.05, 0.1) is 6.61 Å². The van der Waals surface area contributed by atoms with Gasteiger partial charge in [-0.3, -0.25) is 0 Å². The van der Waals surface area contributed by atoms with E-state index in [1.165, 1.54) is 0 Å². The minimum Gasteiger partial charge on any atom is -0.471 e. The van der Waals surface area contributed by atoms with E-state index in [1.807, 2.05) is 13.0 Å². The average Bonchev–Trinajstić information content (AvgIpc) is 2.30. The number of hydrogen-bond acceptors (Lipinski definition) is 4. The summed E-state index contributed by atoms with van der Waals surface area (Å²) in [5.74, 6) is 0.453. The molecule has 1 aromatic heterocycles. The molecular formula is C13H21ClN2O2. The highest BCUT2D eigenvalue weighted by Crippen LogP contribution is 2.23. The Labute approximate surface area is 114 Å². The van der Waals surface area contributed by atoms with Crippen LogP contribution in [0, 0.1) is 0 Å². The quantitative estimate of drug-likeness (QED) is 0.829. The van der Waals surface area contributed by atoms with Crippen LogP contribution < -0.4 is 10.1 Å². The summed E-state index contributed by atoms with van der Waals surface area (Å²) in [4.78, 5) is 4.23. The molecule has 0 bridgehead atoms. The number of pyridine rings is 1. The fraction of sp³-hybridized carbons (Fsp3) is 0.615. The van der Waals surface area contributed by atoms with E-state index >= 15 is 0 Å². The zero-order valence-electron chi connectivity index (χ0n) is 11.4. The molecule has 1 unspecified atom stereocenters. The van der Waals surface area contributed by atoms with Crippen LogP contribution in [0.5, 0.6) is 5.88 Å². The number of methoxy groups -OCH3 is 1. The lowest BCUT2D eigenvalue weighted by Gasteiger charge is -2.14. The Balaban J connectivity index is 2.61. The normalized spacial score (nSPS) is 12.8. The fourth-order valence-electron chi connectivity index (χ4n) is 1.43. The van der Waals surface area contributed by atoms with E-state index in [-0.39, 0.29) is 6.10 Å². The molecule has 18 heavy (non-hydrogen) atoms. The van der Waals surface area contributed by atoms with Crippen LogP contribution in [0.1, 0.15) is 26.3 Å². The molecule has 0 fully saturated rings. The molecule has 0 aliphatic rings. The molecule has 0 radical (unpaired) electrons. The Bertz CT molecular complexity index is 372. The molecular weight excluding hydrogens is 252 g/mol. The lowest BCUT2D eigenvalue weighted by atomic mass is 10.2. The molecule has 0 saturated carbocycles. The van der Waals surface area contributed by atoms with Crippen LogP contribution in [0.25, 0.3) is 0 Å². The Hall–Kier alpha value is -0.840. The first-order chi connectivity index (χ1) is 8.52. The van der Waals surface area contributed by atoms with Crippen molar-refractivity contribution in [3.63, 3.8) is 0 Å². The fourth-order valence-corrected chi connectivity index (χ4v) is 1.66. The maximum absolute atomic E-state index is 6.13. The van der Waals surface area contributed by atoms with E-state index in [9.17, 15) is 0 Å². The van der Waals surface area contributed by atoms with E-state index < -0.39 is 0 Å². The molecule has 0 aromatic carbocycles. The standard InChI is InChI=1S/C13H21ClN2O2/c1-9(2)15-6-11-5-12(14)13(16-7-11)18-10(3)8-17-4/h5,7,9-10,15H,6,8H2,1-4H3. The molecule has 1 heterocycles. The van der Waals surface area contributed by atoms with Crippen molar-refractivity contribution in [2.75, 3.05) is 13.7 Å². The predicted octanol–water partition coefficient (Wildman–Crippen LogP) is 2.65. The second-order valence-corrected chi connectivity index (χ2v) is 4.96. The Morgan fingerprint density at radius 3 is 2.67 bits per heavy atom. The Morgan fingerprint density at radius 1 is 1.39 bits per heavy atom. The number of nitrogens with one attached hydrogen (secondary N) is 1. The van der Waals surface area contributed by atoms with Crippen molar-refractivity contribution >= 4 is 11.6 Å². The third-order valence-electron chi connectivity index (χ3n) is 2.29. The molecule has 4 nitrogen and oxygen atoms in total. The second kappa shape index (κ2) is 7.56. The summed E-state index contributed by atoms with van der Waals surface area (Å²) in [6, 6.07) is 2.31. The topological polar surface area (TPSA) is 43.4 Å². The molecule has 0 aliphatic heterocycles. The van der Waals surface area contributed by atoms with E-state index in [4.69, 9.17) is 21.1 Å². The summed E-state index contributed by atoms with van der Waals surface area (Å²) in [6.07, 6.45) is 1.70. The largest absolute Gasteiger partial charge is 0.471 e. The second-order valence-electron chi connectivity index (χ2n) is 4.55. The van der Waals surface area contributed by atoms with Crippen molar-refractivity contribution < 1.29 is 9.47 Å². The molecule has 1 N–H and O–H groups in total. The van der Waals surface area contributed by atoms with Crippen molar-refractivity contribution in [3.05, 3.63) is 22.8 Å². The Kier molecular flexibility index (Phi) is 6.39. The van der Waals surface area contributed by atoms with Gasteiger partial charge < -0.3 is 14.8 Å². The van der Waals surface area contributed by atoms with Crippen molar-refractivity contribution in [1.82, 2.24) is 10.3 Å². The zero-order valence-corrected chi connectivity index (χ0v) is 12.1. The molecule has 102 valence electrons. The molecule has 0 aliphatic carbocycles. The van der Waals surface area contributed by atoms with Crippen molar-refractivity contribution in [1.29, 1.82) is 0 Å². The van der Waals surface area contributed by atoms with Crippen LogP contribution in [0.3, 0.4) is 0 Å². The molecule has 0 saturated heterocycles. The van der Waals surface area contributed by atoms with Gasteiger partial charge in [0.25, 0.3) is 0 Å². The van der Waals surface area contributed by atoms with Gasteiger partial charge in [0, 0.05) is 25.9 Å². The van der Waals surface area contributed by atoms with Gasteiger partial charge in [0.15, 0.2) is 0 Å². The summed E-state index contributed by atoms with van der Waals surface area (Å²) in [5, 5.41) is 3.84. The number of nitrogens with zero attached hydrogens (tertiary/aromatic N) is 1. The maximum atomic E-state index is 6.13. The van der Waals surface area contributed by atoms with Gasteiger partial charge in [-0.15, -0.1) is 0 Å². The highest BCUT2D eigenvalue weighted by Gasteiger charge is 2.09. The van der Waals surface area contributed by atoms with Crippen LogP contribution >= 0.6 is 11.6 Å². The van der Waals surface area contributed by atoms with Gasteiger partial charge in [-0.05, 0) is 18.6 Å². The number of hydrogen-bond donors (Lipinski definition) is 1. The average molecular weight is 273 g/mol. The molecule has 5 heteroatoms. The van der Waals surface area contributed by atoms with E-state index in [0.717, 1.165) is 12.1 Å². The van der Waals surface area contributed by atoms with Crippen molar-refractivity contribution in [2.45, 2.75) is 39.5 Å². The summed E-state index contributed by atoms with van der Waals surface area (Å²) < 4.78 is 10.6. The van der Waals surface area contributed by atoms with Gasteiger partial charge >= 0.3 is 0 Å². The number of ether oxygens (including phenoxy) is 2. The predicted molar refractivity (Wildman–Crippen MR) is 73.2 cm³/mol. The lowest BCUT2D eigenvalue weighted by Crippen LogP contribution is -2.22. The van der Waals surface area contributed by atoms with E-state index in [0.29, 0.717) is 23.6 Å². The maximum Gasteiger partial charge on any atom is 0.232 e. The van der Waals surface area contributed by atoms with Crippen LogP contribution in [0.15, 0.2) is 12.3 Å². The first kappa shape index (κ1) is 15.2. The van der Waals surface area contributed by atoms with E-state index in [1.54, 1.807) is 13.3 Å². The van der Waals surface area contributed by atoms with Gasteiger partial charge in [-0.2, -0.15) is 0 Å². The first-order valence-electron chi connectivity index (χ1n) is 6.06. The van der Waals surface area contributed by atoms with Gasteiger partial charge in [0.2, 0.25) is 5.88 Å². The van der Waals surface area contributed by atoms with Gasteiger partial charge in [-0.1, -0.05) is 25.4 Å². The van der Waals surface area contributed by atoms with Crippen molar-refractivity contribution in [2.24, 2.45) is 0 Å². The van der Waals surface area contributed by atoms with Crippen LogP contribution in [-0.4, -0.2) is 30.8 Å². The van der Waals surface area contributed by atoms with E-state index in [2.05, 4.69) is 24.1 Å². The smallest absolute Gasteiger partial charge is 0.232 e. The summed E-state index contributed by atoms with van der Waals surface area (Å²) in [7, 11) is 1.63. The Morgan fingerprint density at radius 2 is 2.11 bits per heavy atom. The number of aromatic nitrogens is 1. The summed E-state index contributed by atoms with van der Waals surface area (Å²) in [5.41, 5.74) is 1.04. The molecule has 0 amide bonds. The van der Waals surface area contributed by atoms with Gasteiger partial charge in [0.1, 0.15) is 11.1 Å². The minimum absolute atomic E-state index is 0.0698. The van der Waals surface area contributed by atoms with Crippen LogP contribution in [0.2, 0.25) is 5.02 Å². The van der Waals surface area contributed by atoms with Gasteiger partial charge in [-0.25, -0.2) is 4.98 Å². The number of rotatable bonds is 7. The van der Waals surface area contributed by atoms with Crippen LogP contribution in [-0.2, 0) is 11.3 Å². The highest BCUT2D eigenvalue weighted by atomic mass is 35.5. The van der Waals surface area contributed by atoms with Crippen LogP contribution in [0.4, 0.5) is 0 Å². The third kappa shape index (κ3) is 5.21.